The normalized spacial score (nSPS) is 16.4. The van der Waals surface area contributed by atoms with E-state index in [2.05, 4.69) is 5.32 Å². The first-order valence-electron chi connectivity index (χ1n) is 5.28. The number of carbonyl (C=O) groups excluding carboxylic acids is 1. The summed E-state index contributed by atoms with van der Waals surface area (Å²) in [6, 6.07) is 4.00. The minimum absolute atomic E-state index is 0. The summed E-state index contributed by atoms with van der Waals surface area (Å²) in [5.41, 5.74) is 5.63. The summed E-state index contributed by atoms with van der Waals surface area (Å²) in [6.07, 6.45) is 2.40. The van der Waals surface area contributed by atoms with Crippen molar-refractivity contribution in [2.75, 3.05) is 6.54 Å². The third-order valence-electron chi connectivity index (χ3n) is 2.73. The highest BCUT2D eigenvalue weighted by Gasteiger charge is 2.31. The van der Waals surface area contributed by atoms with Crippen molar-refractivity contribution in [3.8, 4) is 0 Å². The van der Waals surface area contributed by atoms with Gasteiger partial charge < -0.3 is 11.1 Å². The monoisotopic (exact) mass is 260 g/mol. The molecule has 1 amide bonds. The molecule has 1 aliphatic carbocycles. The van der Waals surface area contributed by atoms with Gasteiger partial charge in [-0.1, -0.05) is 0 Å². The number of hydrogen-bond donors (Lipinski definition) is 2. The van der Waals surface area contributed by atoms with Gasteiger partial charge in [-0.3, -0.25) is 4.79 Å². The summed E-state index contributed by atoms with van der Waals surface area (Å²) in [4.78, 5) is 13.8. The number of carbonyl (C=O) groups is 1. The molecule has 1 atom stereocenters. The van der Waals surface area contributed by atoms with Crippen LogP contribution in [0.4, 0.5) is 0 Å². The topological polar surface area (TPSA) is 55.1 Å². The van der Waals surface area contributed by atoms with Gasteiger partial charge in [-0.25, -0.2) is 0 Å². The molecule has 0 aromatic carbocycles. The van der Waals surface area contributed by atoms with Crippen molar-refractivity contribution in [1.29, 1.82) is 0 Å². The summed E-state index contributed by atoms with van der Waals surface area (Å²) in [5.74, 6) is 0.635. The van der Waals surface area contributed by atoms with E-state index in [4.69, 9.17) is 5.73 Å². The van der Waals surface area contributed by atoms with Crippen molar-refractivity contribution in [3.63, 3.8) is 0 Å². The maximum Gasteiger partial charge on any atom is 0.261 e. The highest BCUT2D eigenvalue weighted by atomic mass is 35.5. The molecule has 1 heterocycles. The predicted octanol–water partition coefficient (Wildman–Crippen LogP) is 1.95. The summed E-state index contributed by atoms with van der Waals surface area (Å²) in [6.45, 7) is 2.55. The summed E-state index contributed by atoms with van der Waals surface area (Å²) in [5, 5.41) is 3.00. The Morgan fingerprint density at radius 3 is 2.75 bits per heavy atom. The highest BCUT2D eigenvalue weighted by Crippen LogP contribution is 2.32. The van der Waals surface area contributed by atoms with Crippen molar-refractivity contribution in [2.45, 2.75) is 25.8 Å². The first-order valence-corrected chi connectivity index (χ1v) is 6.09. The fourth-order valence-electron chi connectivity index (χ4n) is 1.66. The van der Waals surface area contributed by atoms with Crippen LogP contribution in [0.1, 0.15) is 27.4 Å². The second-order valence-electron chi connectivity index (χ2n) is 4.06. The van der Waals surface area contributed by atoms with E-state index in [0.717, 1.165) is 9.75 Å². The number of halogens is 1. The predicted molar refractivity (Wildman–Crippen MR) is 69.3 cm³/mol. The number of thiophene rings is 1. The number of amides is 1. The van der Waals surface area contributed by atoms with Crippen LogP contribution in [0.15, 0.2) is 12.1 Å². The zero-order valence-electron chi connectivity index (χ0n) is 9.23. The van der Waals surface area contributed by atoms with Gasteiger partial charge >= 0.3 is 0 Å². The van der Waals surface area contributed by atoms with Crippen molar-refractivity contribution in [1.82, 2.24) is 5.32 Å². The molecule has 0 spiro atoms. The minimum Gasteiger partial charge on any atom is -0.347 e. The standard InChI is InChI=1S/C11H16N2OS.ClH/c1-7-2-5-10(15-7)11(14)13-9(6-12)8-3-4-8;/h2,5,8-9H,3-4,6,12H2,1H3,(H,13,14);1H. The Bertz CT molecular complexity index is 363. The van der Waals surface area contributed by atoms with Gasteiger partial charge in [0.1, 0.15) is 0 Å². The van der Waals surface area contributed by atoms with Crippen LogP contribution in [-0.2, 0) is 0 Å². The molecule has 3 N–H and O–H groups in total. The van der Waals surface area contributed by atoms with Crippen LogP contribution in [0.2, 0.25) is 0 Å². The average molecular weight is 261 g/mol. The van der Waals surface area contributed by atoms with E-state index in [1.54, 1.807) is 0 Å². The molecule has 1 fully saturated rings. The Morgan fingerprint density at radius 1 is 1.62 bits per heavy atom. The lowest BCUT2D eigenvalue weighted by molar-refractivity contribution is 0.0937. The molecule has 90 valence electrons. The number of hydrogen-bond acceptors (Lipinski definition) is 3. The zero-order chi connectivity index (χ0) is 10.8. The molecule has 0 aliphatic heterocycles. The smallest absolute Gasteiger partial charge is 0.261 e. The van der Waals surface area contributed by atoms with Crippen molar-refractivity contribution >= 4 is 29.7 Å². The van der Waals surface area contributed by atoms with Crippen LogP contribution in [0.25, 0.3) is 0 Å². The fraction of sp³-hybridized carbons (Fsp3) is 0.545. The largest absolute Gasteiger partial charge is 0.347 e. The lowest BCUT2D eigenvalue weighted by Crippen LogP contribution is -2.41. The fourth-order valence-corrected chi connectivity index (χ4v) is 2.43. The van der Waals surface area contributed by atoms with Crippen LogP contribution >= 0.6 is 23.7 Å². The van der Waals surface area contributed by atoms with Gasteiger partial charge in [0, 0.05) is 17.5 Å². The molecule has 1 aromatic heterocycles. The number of nitrogens with two attached hydrogens (primary N) is 1. The van der Waals surface area contributed by atoms with Gasteiger partial charge in [0.2, 0.25) is 0 Å². The van der Waals surface area contributed by atoms with Crippen molar-refractivity contribution in [2.24, 2.45) is 11.7 Å². The van der Waals surface area contributed by atoms with E-state index in [0.29, 0.717) is 12.5 Å². The van der Waals surface area contributed by atoms with Gasteiger partial charge in [0.05, 0.1) is 4.88 Å². The van der Waals surface area contributed by atoms with Gasteiger partial charge in [0.15, 0.2) is 0 Å². The van der Waals surface area contributed by atoms with Crippen LogP contribution in [0.3, 0.4) is 0 Å². The summed E-state index contributed by atoms with van der Waals surface area (Å²) < 4.78 is 0. The SMILES string of the molecule is Cc1ccc(C(=O)NC(CN)C2CC2)s1.Cl. The lowest BCUT2D eigenvalue weighted by Gasteiger charge is -2.14. The molecule has 1 unspecified atom stereocenters. The first-order chi connectivity index (χ1) is 7.20. The number of aryl methyl sites for hydroxylation is 1. The van der Waals surface area contributed by atoms with Gasteiger partial charge in [-0.05, 0) is 37.8 Å². The Kier molecular flexibility index (Phi) is 4.77. The molecule has 1 aliphatic rings. The Hall–Kier alpha value is -0.580. The van der Waals surface area contributed by atoms with Gasteiger partial charge in [0.25, 0.3) is 5.91 Å². The molecule has 0 bridgehead atoms. The van der Waals surface area contributed by atoms with E-state index in [-0.39, 0.29) is 24.4 Å². The van der Waals surface area contributed by atoms with Crippen LogP contribution < -0.4 is 11.1 Å². The Morgan fingerprint density at radius 2 is 2.31 bits per heavy atom. The quantitative estimate of drug-likeness (QED) is 0.869. The molecular formula is C11H17ClN2OS. The zero-order valence-corrected chi connectivity index (χ0v) is 10.9. The Labute approximate surface area is 106 Å². The number of rotatable bonds is 4. The minimum atomic E-state index is 0. The van der Waals surface area contributed by atoms with Crippen molar-refractivity contribution < 1.29 is 4.79 Å². The van der Waals surface area contributed by atoms with E-state index < -0.39 is 0 Å². The molecule has 16 heavy (non-hydrogen) atoms. The molecule has 5 heteroatoms. The van der Waals surface area contributed by atoms with E-state index in [1.807, 2.05) is 19.1 Å². The third-order valence-corrected chi connectivity index (χ3v) is 3.73. The second-order valence-corrected chi connectivity index (χ2v) is 5.35. The third kappa shape index (κ3) is 3.20. The highest BCUT2D eigenvalue weighted by molar-refractivity contribution is 7.13. The van der Waals surface area contributed by atoms with Crippen LogP contribution in [0.5, 0.6) is 0 Å². The molecular weight excluding hydrogens is 244 g/mol. The Balaban J connectivity index is 0.00000128. The molecule has 1 saturated carbocycles. The summed E-state index contributed by atoms with van der Waals surface area (Å²) >= 11 is 1.53. The molecule has 1 aromatic rings. The first kappa shape index (κ1) is 13.5. The summed E-state index contributed by atoms with van der Waals surface area (Å²) in [7, 11) is 0. The lowest BCUT2D eigenvalue weighted by atomic mass is 10.2. The van der Waals surface area contributed by atoms with Gasteiger partial charge in [-0.15, -0.1) is 23.7 Å². The maximum atomic E-state index is 11.8. The molecule has 0 radical (unpaired) electrons. The van der Waals surface area contributed by atoms with E-state index >= 15 is 0 Å². The van der Waals surface area contributed by atoms with Crippen LogP contribution in [0, 0.1) is 12.8 Å². The average Bonchev–Trinajstić information content (AvgIpc) is 2.97. The van der Waals surface area contributed by atoms with Crippen LogP contribution in [-0.4, -0.2) is 18.5 Å². The molecule has 0 saturated heterocycles. The van der Waals surface area contributed by atoms with E-state index in [9.17, 15) is 4.79 Å². The van der Waals surface area contributed by atoms with Crippen molar-refractivity contribution in [3.05, 3.63) is 21.9 Å². The molecule has 3 nitrogen and oxygen atoms in total. The second kappa shape index (κ2) is 5.66. The number of nitrogens with one attached hydrogen (secondary N) is 1. The maximum absolute atomic E-state index is 11.8. The molecule has 2 rings (SSSR count). The van der Waals surface area contributed by atoms with E-state index in [1.165, 1.54) is 24.2 Å². The van der Waals surface area contributed by atoms with Gasteiger partial charge in [-0.2, -0.15) is 0 Å².